The summed E-state index contributed by atoms with van der Waals surface area (Å²) in [5.41, 5.74) is 2.03. The van der Waals surface area contributed by atoms with Gasteiger partial charge in [0.15, 0.2) is 0 Å². The molecule has 0 saturated carbocycles. The van der Waals surface area contributed by atoms with E-state index in [1.54, 1.807) is 0 Å². The summed E-state index contributed by atoms with van der Waals surface area (Å²) in [6.45, 7) is 4.22. The molecule has 3 rings (SSSR count). The van der Waals surface area contributed by atoms with Crippen molar-refractivity contribution in [2.75, 3.05) is 30.4 Å². The smallest absolute Gasteiger partial charge is 0.244 e. The fourth-order valence-corrected chi connectivity index (χ4v) is 2.76. The maximum absolute atomic E-state index is 12.3. The number of fused-ring (bicyclic) bond motifs is 1. The number of amides is 1. The van der Waals surface area contributed by atoms with Crippen LogP contribution in [-0.2, 0) is 9.53 Å². The van der Waals surface area contributed by atoms with Crippen molar-refractivity contribution in [3.05, 3.63) is 24.3 Å². The first-order chi connectivity index (χ1) is 9.74. The SMILES string of the molecule is CC(NC(=O)C1CNc2ccccc2N1)C1CCOC1. The van der Waals surface area contributed by atoms with Crippen LogP contribution in [0.5, 0.6) is 0 Å². The lowest BCUT2D eigenvalue weighted by Crippen LogP contribution is -2.50. The molecule has 2 aliphatic rings. The van der Waals surface area contributed by atoms with E-state index in [2.05, 4.69) is 22.9 Å². The summed E-state index contributed by atoms with van der Waals surface area (Å²) in [5.74, 6) is 0.481. The predicted molar refractivity (Wildman–Crippen MR) is 78.9 cm³/mol. The van der Waals surface area contributed by atoms with Gasteiger partial charge in [-0.3, -0.25) is 4.79 Å². The lowest BCUT2D eigenvalue weighted by atomic mass is 10.0. The second-order valence-corrected chi connectivity index (χ2v) is 5.54. The Labute approximate surface area is 119 Å². The molecule has 1 aromatic carbocycles. The Bertz CT molecular complexity index is 486. The maximum Gasteiger partial charge on any atom is 0.244 e. The molecule has 1 saturated heterocycles. The van der Waals surface area contributed by atoms with Gasteiger partial charge in [-0.05, 0) is 25.5 Å². The van der Waals surface area contributed by atoms with Crippen LogP contribution in [0.25, 0.3) is 0 Å². The summed E-state index contributed by atoms with van der Waals surface area (Å²) in [5, 5.41) is 9.68. The maximum atomic E-state index is 12.3. The minimum Gasteiger partial charge on any atom is -0.381 e. The topological polar surface area (TPSA) is 62.4 Å². The van der Waals surface area contributed by atoms with Gasteiger partial charge >= 0.3 is 0 Å². The number of ether oxygens (including phenoxy) is 1. The Morgan fingerprint density at radius 2 is 2.20 bits per heavy atom. The molecule has 20 heavy (non-hydrogen) atoms. The number of hydrogen-bond donors (Lipinski definition) is 3. The molecular weight excluding hydrogens is 254 g/mol. The van der Waals surface area contributed by atoms with E-state index in [1.807, 2.05) is 24.3 Å². The molecule has 0 spiro atoms. The van der Waals surface area contributed by atoms with Crippen molar-refractivity contribution in [1.29, 1.82) is 0 Å². The van der Waals surface area contributed by atoms with Crippen LogP contribution >= 0.6 is 0 Å². The van der Waals surface area contributed by atoms with Gasteiger partial charge in [0.2, 0.25) is 5.91 Å². The van der Waals surface area contributed by atoms with Gasteiger partial charge in [0.05, 0.1) is 18.0 Å². The van der Waals surface area contributed by atoms with Crippen LogP contribution < -0.4 is 16.0 Å². The molecule has 2 heterocycles. The quantitative estimate of drug-likeness (QED) is 0.781. The molecule has 5 nitrogen and oxygen atoms in total. The molecule has 0 aliphatic carbocycles. The number of carbonyl (C=O) groups excluding carboxylic acids is 1. The fraction of sp³-hybridized carbons (Fsp3) is 0.533. The van der Waals surface area contributed by atoms with Crippen LogP contribution in [0.2, 0.25) is 0 Å². The van der Waals surface area contributed by atoms with Crippen molar-refractivity contribution >= 4 is 17.3 Å². The second-order valence-electron chi connectivity index (χ2n) is 5.54. The summed E-state index contributed by atoms with van der Waals surface area (Å²) in [4.78, 5) is 12.3. The molecule has 0 aromatic heterocycles. The fourth-order valence-electron chi connectivity index (χ4n) is 2.76. The van der Waals surface area contributed by atoms with Crippen molar-refractivity contribution < 1.29 is 9.53 Å². The lowest BCUT2D eigenvalue weighted by Gasteiger charge is -2.29. The molecule has 0 radical (unpaired) electrons. The number of para-hydroxylation sites is 2. The zero-order valence-corrected chi connectivity index (χ0v) is 11.7. The zero-order valence-electron chi connectivity index (χ0n) is 11.7. The normalized spacial score (nSPS) is 26.1. The minimum absolute atomic E-state index is 0.0476. The number of hydrogen-bond acceptors (Lipinski definition) is 4. The van der Waals surface area contributed by atoms with Crippen LogP contribution in [0, 0.1) is 5.92 Å². The van der Waals surface area contributed by atoms with E-state index >= 15 is 0 Å². The highest BCUT2D eigenvalue weighted by Crippen LogP contribution is 2.25. The Balaban J connectivity index is 1.58. The van der Waals surface area contributed by atoms with Crippen molar-refractivity contribution in [3.63, 3.8) is 0 Å². The van der Waals surface area contributed by atoms with Crippen LogP contribution in [0.3, 0.4) is 0 Å². The first-order valence-electron chi connectivity index (χ1n) is 7.21. The highest BCUT2D eigenvalue weighted by atomic mass is 16.5. The van der Waals surface area contributed by atoms with Crippen molar-refractivity contribution in [3.8, 4) is 0 Å². The van der Waals surface area contributed by atoms with Crippen molar-refractivity contribution in [2.24, 2.45) is 5.92 Å². The third-order valence-electron chi connectivity index (χ3n) is 4.11. The molecular formula is C15H21N3O2. The zero-order chi connectivity index (χ0) is 13.9. The molecule has 5 heteroatoms. The number of anilines is 2. The van der Waals surface area contributed by atoms with Gasteiger partial charge in [-0.1, -0.05) is 12.1 Å². The van der Waals surface area contributed by atoms with Gasteiger partial charge in [0.1, 0.15) is 6.04 Å². The predicted octanol–water partition coefficient (Wildman–Crippen LogP) is 1.43. The molecule has 2 aliphatic heterocycles. The first-order valence-corrected chi connectivity index (χ1v) is 7.21. The molecule has 3 atom stereocenters. The van der Waals surface area contributed by atoms with E-state index in [9.17, 15) is 4.79 Å². The van der Waals surface area contributed by atoms with Crippen LogP contribution in [-0.4, -0.2) is 37.7 Å². The van der Waals surface area contributed by atoms with Gasteiger partial charge in [-0.2, -0.15) is 0 Å². The average molecular weight is 275 g/mol. The third kappa shape index (κ3) is 2.72. The Kier molecular flexibility index (Phi) is 3.78. The number of benzene rings is 1. The molecule has 3 N–H and O–H groups in total. The van der Waals surface area contributed by atoms with Crippen molar-refractivity contribution in [2.45, 2.75) is 25.4 Å². The Hall–Kier alpha value is -1.75. The molecule has 3 unspecified atom stereocenters. The van der Waals surface area contributed by atoms with E-state index in [0.717, 1.165) is 31.0 Å². The highest BCUT2D eigenvalue weighted by molar-refractivity contribution is 5.88. The minimum atomic E-state index is -0.227. The number of carbonyl (C=O) groups is 1. The molecule has 0 bridgehead atoms. The first kappa shape index (κ1) is 13.2. The van der Waals surface area contributed by atoms with Gasteiger partial charge in [0, 0.05) is 25.1 Å². The molecule has 1 amide bonds. The van der Waals surface area contributed by atoms with Crippen LogP contribution in [0.1, 0.15) is 13.3 Å². The number of nitrogens with one attached hydrogen (secondary N) is 3. The highest BCUT2D eigenvalue weighted by Gasteiger charge is 2.28. The van der Waals surface area contributed by atoms with Crippen LogP contribution in [0.15, 0.2) is 24.3 Å². The summed E-state index contributed by atoms with van der Waals surface area (Å²) < 4.78 is 5.37. The van der Waals surface area contributed by atoms with E-state index in [1.165, 1.54) is 0 Å². The lowest BCUT2D eigenvalue weighted by molar-refractivity contribution is -0.122. The van der Waals surface area contributed by atoms with Gasteiger partial charge in [-0.15, -0.1) is 0 Å². The largest absolute Gasteiger partial charge is 0.381 e. The van der Waals surface area contributed by atoms with E-state index in [0.29, 0.717) is 12.5 Å². The molecule has 108 valence electrons. The summed E-state index contributed by atoms with van der Waals surface area (Å²) in [6, 6.07) is 7.87. The van der Waals surface area contributed by atoms with Gasteiger partial charge in [-0.25, -0.2) is 0 Å². The molecule has 1 fully saturated rings. The monoisotopic (exact) mass is 275 g/mol. The summed E-state index contributed by atoms with van der Waals surface area (Å²) >= 11 is 0. The second kappa shape index (κ2) is 5.71. The van der Waals surface area contributed by atoms with E-state index in [-0.39, 0.29) is 18.0 Å². The Morgan fingerprint density at radius 1 is 1.40 bits per heavy atom. The molecule has 1 aromatic rings. The van der Waals surface area contributed by atoms with Gasteiger partial charge in [0.25, 0.3) is 0 Å². The third-order valence-corrected chi connectivity index (χ3v) is 4.11. The van der Waals surface area contributed by atoms with Crippen LogP contribution in [0.4, 0.5) is 11.4 Å². The van der Waals surface area contributed by atoms with E-state index < -0.39 is 0 Å². The van der Waals surface area contributed by atoms with Gasteiger partial charge < -0.3 is 20.7 Å². The van der Waals surface area contributed by atoms with Crippen molar-refractivity contribution in [1.82, 2.24) is 5.32 Å². The summed E-state index contributed by atoms with van der Waals surface area (Å²) in [6.07, 6.45) is 1.03. The summed E-state index contributed by atoms with van der Waals surface area (Å²) in [7, 11) is 0. The Morgan fingerprint density at radius 3 is 2.95 bits per heavy atom. The number of rotatable bonds is 3. The average Bonchev–Trinajstić information content (AvgIpc) is 3.01. The standard InChI is InChI=1S/C15H21N3O2/c1-10(11-6-7-20-9-11)17-15(19)14-8-16-12-4-2-3-5-13(12)18-14/h2-5,10-11,14,16,18H,6-9H2,1H3,(H,17,19). The van der Waals surface area contributed by atoms with E-state index in [4.69, 9.17) is 4.74 Å².